The lowest BCUT2D eigenvalue weighted by Gasteiger charge is -2.03. The van der Waals surface area contributed by atoms with Crippen LogP contribution in [0.15, 0.2) is 11.6 Å². The van der Waals surface area contributed by atoms with Crippen LogP contribution in [-0.4, -0.2) is 11.8 Å². The fourth-order valence-electron chi connectivity index (χ4n) is 2.51. The molecule has 2 amide bonds. The van der Waals surface area contributed by atoms with Crippen molar-refractivity contribution in [2.45, 2.75) is 90.4 Å². The average molecular weight is 310 g/mol. The van der Waals surface area contributed by atoms with Crippen LogP contribution in [0.1, 0.15) is 90.4 Å². The van der Waals surface area contributed by atoms with Crippen LogP contribution in [0.2, 0.25) is 0 Å². The second kappa shape index (κ2) is 14.6. The summed E-state index contributed by atoms with van der Waals surface area (Å²) in [7, 11) is 0. The van der Waals surface area contributed by atoms with Gasteiger partial charge in [0.05, 0.1) is 0 Å². The molecule has 0 saturated carbocycles. The van der Waals surface area contributed by atoms with Crippen molar-refractivity contribution in [3.63, 3.8) is 0 Å². The Kier molecular flexibility index (Phi) is 13.7. The minimum absolute atomic E-state index is 0.308. The molecule has 0 aromatic rings. The van der Waals surface area contributed by atoms with Crippen LogP contribution in [0.25, 0.3) is 0 Å². The SMILES string of the molecule is CCCCCCCCCCCC=C(CCCC(N)=O)C(N)=O. The maximum Gasteiger partial charge on any atom is 0.244 e. The van der Waals surface area contributed by atoms with Crippen molar-refractivity contribution in [2.75, 3.05) is 0 Å². The van der Waals surface area contributed by atoms with E-state index in [0.29, 0.717) is 24.8 Å². The quantitative estimate of drug-likeness (QED) is 0.354. The summed E-state index contributed by atoms with van der Waals surface area (Å²) in [6.07, 6.45) is 15.9. The topological polar surface area (TPSA) is 86.2 Å². The third-order valence-electron chi connectivity index (χ3n) is 3.88. The molecule has 0 aliphatic carbocycles. The normalized spacial score (nSPS) is 11.6. The molecular formula is C18H34N2O2. The molecule has 0 radical (unpaired) electrons. The van der Waals surface area contributed by atoms with Gasteiger partial charge < -0.3 is 11.5 Å². The molecule has 0 spiro atoms. The van der Waals surface area contributed by atoms with Crippen molar-refractivity contribution in [3.8, 4) is 0 Å². The summed E-state index contributed by atoms with van der Waals surface area (Å²) in [6.45, 7) is 2.24. The van der Waals surface area contributed by atoms with Gasteiger partial charge in [-0.2, -0.15) is 0 Å². The number of carbonyl (C=O) groups is 2. The van der Waals surface area contributed by atoms with Gasteiger partial charge in [0.2, 0.25) is 11.8 Å². The Labute approximate surface area is 135 Å². The Morgan fingerprint density at radius 1 is 0.773 bits per heavy atom. The van der Waals surface area contributed by atoms with Gasteiger partial charge in [-0.25, -0.2) is 0 Å². The minimum Gasteiger partial charge on any atom is -0.370 e. The van der Waals surface area contributed by atoms with E-state index < -0.39 is 0 Å². The van der Waals surface area contributed by atoms with Crippen LogP contribution in [0, 0.1) is 0 Å². The van der Waals surface area contributed by atoms with Crippen molar-refractivity contribution >= 4 is 11.8 Å². The number of nitrogens with two attached hydrogens (primary N) is 2. The zero-order valence-corrected chi connectivity index (χ0v) is 14.2. The van der Waals surface area contributed by atoms with Gasteiger partial charge in [-0.15, -0.1) is 0 Å². The maximum absolute atomic E-state index is 11.3. The average Bonchev–Trinajstić information content (AvgIpc) is 2.46. The molecule has 0 aromatic heterocycles. The number of hydrogen-bond acceptors (Lipinski definition) is 2. The molecule has 0 saturated heterocycles. The van der Waals surface area contributed by atoms with Crippen molar-refractivity contribution in [1.29, 1.82) is 0 Å². The van der Waals surface area contributed by atoms with Gasteiger partial charge in [0.1, 0.15) is 0 Å². The van der Waals surface area contributed by atoms with E-state index in [1.807, 2.05) is 6.08 Å². The molecular weight excluding hydrogens is 276 g/mol. The van der Waals surface area contributed by atoms with Gasteiger partial charge in [-0.1, -0.05) is 64.4 Å². The minimum atomic E-state index is -0.375. The van der Waals surface area contributed by atoms with Crippen molar-refractivity contribution in [2.24, 2.45) is 11.5 Å². The Bertz CT molecular complexity index is 338. The Balaban J connectivity index is 3.64. The molecule has 0 rings (SSSR count). The van der Waals surface area contributed by atoms with Crippen LogP contribution in [0.4, 0.5) is 0 Å². The lowest BCUT2D eigenvalue weighted by Crippen LogP contribution is -2.15. The summed E-state index contributed by atoms with van der Waals surface area (Å²) in [6, 6.07) is 0. The van der Waals surface area contributed by atoms with E-state index in [0.717, 1.165) is 12.8 Å². The van der Waals surface area contributed by atoms with E-state index in [2.05, 4.69) is 6.92 Å². The zero-order valence-electron chi connectivity index (χ0n) is 14.2. The standard InChI is InChI=1S/C18H34N2O2/c1-2-3-4-5-6-7-8-9-10-11-13-16(18(20)22)14-12-15-17(19)21/h13H,2-12,14-15H2,1H3,(H2,19,21)(H2,20,22). The molecule has 0 fully saturated rings. The lowest BCUT2D eigenvalue weighted by atomic mass is 10.0. The Morgan fingerprint density at radius 2 is 1.32 bits per heavy atom. The van der Waals surface area contributed by atoms with E-state index >= 15 is 0 Å². The second-order valence-electron chi connectivity index (χ2n) is 6.03. The molecule has 0 bridgehead atoms. The zero-order chi connectivity index (χ0) is 16.6. The molecule has 22 heavy (non-hydrogen) atoms. The lowest BCUT2D eigenvalue weighted by molar-refractivity contribution is -0.118. The third-order valence-corrected chi connectivity index (χ3v) is 3.88. The van der Waals surface area contributed by atoms with E-state index in [1.165, 1.54) is 51.4 Å². The maximum atomic E-state index is 11.3. The van der Waals surface area contributed by atoms with Gasteiger partial charge >= 0.3 is 0 Å². The number of amides is 2. The fourth-order valence-corrected chi connectivity index (χ4v) is 2.51. The van der Waals surface area contributed by atoms with E-state index in [-0.39, 0.29) is 11.8 Å². The molecule has 128 valence electrons. The number of primary amides is 2. The van der Waals surface area contributed by atoms with Gasteiger partial charge in [-0.3, -0.25) is 9.59 Å². The van der Waals surface area contributed by atoms with Gasteiger partial charge in [0.25, 0.3) is 0 Å². The summed E-state index contributed by atoms with van der Waals surface area (Å²) in [5.41, 5.74) is 11.1. The van der Waals surface area contributed by atoms with E-state index in [1.54, 1.807) is 0 Å². The molecule has 0 atom stereocenters. The Hall–Kier alpha value is -1.32. The first-order chi connectivity index (χ1) is 10.6. The van der Waals surface area contributed by atoms with Crippen LogP contribution in [-0.2, 0) is 9.59 Å². The number of unbranched alkanes of at least 4 members (excludes halogenated alkanes) is 9. The first-order valence-corrected chi connectivity index (χ1v) is 8.85. The van der Waals surface area contributed by atoms with Gasteiger partial charge in [0, 0.05) is 12.0 Å². The molecule has 0 aliphatic heterocycles. The number of allylic oxidation sites excluding steroid dienone is 1. The summed E-state index contributed by atoms with van der Waals surface area (Å²) >= 11 is 0. The van der Waals surface area contributed by atoms with Crippen molar-refractivity contribution in [1.82, 2.24) is 0 Å². The monoisotopic (exact) mass is 310 g/mol. The van der Waals surface area contributed by atoms with Crippen LogP contribution in [0.5, 0.6) is 0 Å². The molecule has 4 N–H and O–H groups in total. The van der Waals surface area contributed by atoms with Gasteiger partial charge in [0.15, 0.2) is 0 Å². The van der Waals surface area contributed by atoms with Crippen LogP contribution >= 0.6 is 0 Å². The number of carbonyl (C=O) groups excluding carboxylic acids is 2. The Morgan fingerprint density at radius 3 is 1.82 bits per heavy atom. The predicted octanol–water partition coefficient (Wildman–Crippen LogP) is 3.97. The van der Waals surface area contributed by atoms with E-state index in [9.17, 15) is 9.59 Å². The summed E-state index contributed by atoms with van der Waals surface area (Å²) in [4.78, 5) is 22.0. The summed E-state index contributed by atoms with van der Waals surface area (Å²) in [5, 5.41) is 0. The summed E-state index contributed by atoms with van der Waals surface area (Å²) < 4.78 is 0. The highest BCUT2D eigenvalue weighted by atomic mass is 16.1. The second-order valence-corrected chi connectivity index (χ2v) is 6.03. The first-order valence-electron chi connectivity index (χ1n) is 8.85. The predicted molar refractivity (Wildman–Crippen MR) is 92.2 cm³/mol. The third kappa shape index (κ3) is 13.7. The molecule has 0 heterocycles. The van der Waals surface area contributed by atoms with Gasteiger partial charge in [-0.05, 0) is 25.7 Å². The van der Waals surface area contributed by atoms with Crippen molar-refractivity contribution < 1.29 is 9.59 Å². The highest BCUT2D eigenvalue weighted by Crippen LogP contribution is 2.13. The molecule has 0 aliphatic rings. The fraction of sp³-hybridized carbons (Fsp3) is 0.778. The van der Waals surface area contributed by atoms with E-state index in [4.69, 9.17) is 11.5 Å². The largest absolute Gasteiger partial charge is 0.370 e. The summed E-state index contributed by atoms with van der Waals surface area (Å²) in [5.74, 6) is -0.705. The first kappa shape index (κ1) is 20.7. The highest BCUT2D eigenvalue weighted by Gasteiger charge is 2.05. The highest BCUT2D eigenvalue weighted by molar-refractivity contribution is 5.91. The molecule has 0 aromatic carbocycles. The molecule has 4 heteroatoms. The molecule has 4 nitrogen and oxygen atoms in total. The number of rotatable bonds is 15. The van der Waals surface area contributed by atoms with Crippen molar-refractivity contribution in [3.05, 3.63) is 11.6 Å². The smallest absolute Gasteiger partial charge is 0.244 e. The van der Waals surface area contributed by atoms with Crippen LogP contribution in [0.3, 0.4) is 0 Å². The van der Waals surface area contributed by atoms with Crippen LogP contribution < -0.4 is 11.5 Å². The number of hydrogen-bond donors (Lipinski definition) is 2. The molecule has 0 unspecified atom stereocenters.